The first-order chi connectivity index (χ1) is 13.0. The van der Waals surface area contributed by atoms with Crippen LogP contribution < -0.4 is 9.47 Å². The first-order valence-corrected chi connectivity index (χ1v) is 9.34. The summed E-state index contributed by atoms with van der Waals surface area (Å²) in [5, 5.41) is 9.27. The monoisotopic (exact) mass is 379 g/mol. The van der Waals surface area contributed by atoms with E-state index in [-0.39, 0.29) is 25.1 Å². The second-order valence-electron chi connectivity index (χ2n) is 6.75. The summed E-state index contributed by atoms with van der Waals surface area (Å²) in [5.41, 5.74) is 0.733. The predicted octanol–water partition coefficient (Wildman–Crippen LogP) is 2.85. The Morgan fingerprint density at radius 1 is 1.15 bits per heavy atom. The van der Waals surface area contributed by atoms with E-state index in [1.54, 1.807) is 32.4 Å². The fourth-order valence-electron chi connectivity index (χ4n) is 3.34. The van der Waals surface area contributed by atoms with Gasteiger partial charge in [-0.3, -0.25) is 9.59 Å². The normalized spacial score (nSPS) is 15.4. The number of carboxylic acid groups (broad SMARTS) is 1. The number of rotatable bonds is 10. The van der Waals surface area contributed by atoms with E-state index < -0.39 is 12.1 Å². The Balaban J connectivity index is 2.17. The van der Waals surface area contributed by atoms with Crippen LogP contribution in [0.2, 0.25) is 0 Å². The van der Waals surface area contributed by atoms with Crippen molar-refractivity contribution in [2.24, 2.45) is 0 Å². The van der Waals surface area contributed by atoms with Crippen molar-refractivity contribution in [3.8, 4) is 11.5 Å². The van der Waals surface area contributed by atoms with E-state index in [0.29, 0.717) is 17.9 Å². The fraction of sp³-hybridized carbons (Fsp3) is 0.600. The highest BCUT2D eigenvalue weighted by atomic mass is 16.5. The van der Waals surface area contributed by atoms with Crippen LogP contribution in [0.5, 0.6) is 11.5 Å². The third-order valence-corrected chi connectivity index (χ3v) is 4.73. The number of carboxylic acids is 1. The molecular formula is C20H29NO6. The van der Waals surface area contributed by atoms with Crippen molar-refractivity contribution < 1.29 is 28.9 Å². The van der Waals surface area contributed by atoms with Crippen molar-refractivity contribution in [3.05, 3.63) is 23.8 Å². The van der Waals surface area contributed by atoms with Crippen LogP contribution in [0.25, 0.3) is 0 Å². The van der Waals surface area contributed by atoms with E-state index in [9.17, 15) is 14.7 Å². The molecule has 1 aliphatic rings. The Morgan fingerprint density at radius 2 is 1.74 bits per heavy atom. The lowest BCUT2D eigenvalue weighted by Gasteiger charge is -2.27. The maximum absolute atomic E-state index is 13.0. The zero-order chi connectivity index (χ0) is 19.8. The molecule has 0 heterocycles. The summed E-state index contributed by atoms with van der Waals surface area (Å²) in [5.74, 6) is -0.190. The number of amides is 1. The van der Waals surface area contributed by atoms with Crippen molar-refractivity contribution in [1.82, 2.24) is 4.90 Å². The molecule has 1 saturated carbocycles. The zero-order valence-electron chi connectivity index (χ0n) is 16.3. The van der Waals surface area contributed by atoms with Crippen LogP contribution in [-0.2, 0) is 20.9 Å². The summed E-state index contributed by atoms with van der Waals surface area (Å²) in [6.45, 7) is 1.64. The lowest BCUT2D eigenvalue weighted by atomic mass is 10.1. The second-order valence-corrected chi connectivity index (χ2v) is 6.75. The molecule has 7 heteroatoms. The topological polar surface area (TPSA) is 85.3 Å². The van der Waals surface area contributed by atoms with Gasteiger partial charge in [0.1, 0.15) is 24.1 Å². The molecule has 1 unspecified atom stereocenters. The van der Waals surface area contributed by atoms with Gasteiger partial charge < -0.3 is 24.2 Å². The van der Waals surface area contributed by atoms with E-state index in [2.05, 4.69) is 0 Å². The summed E-state index contributed by atoms with van der Waals surface area (Å²) in [4.78, 5) is 25.6. The van der Waals surface area contributed by atoms with E-state index in [1.165, 1.54) is 4.90 Å². The number of carbonyl (C=O) groups is 2. The fourth-order valence-corrected chi connectivity index (χ4v) is 3.34. The smallest absolute Gasteiger partial charge is 0.323 e. The molecule has 150 valence electrons. The van der Waals surface area contributed by atoms with Gasteiger partial charge in [-0.1, -0.05) is 19.8 Å². The summed E-state index contributed by atoms with van der Waals surface area (Å²) >= 11 is 0. The Kier molecular flexibility index (Phi) is 7.91. The third-order valence-electron chi connectivity index (χ3n) is 4.73. The van der Waals surface area contributed by atoms with Crippen LogP contribution in [0, 0.1) is 0 Å². The minimum Gasteiger partial charge on any atom is -0.497 e. The largest absolute Gasteiger partial charge is 0.497 e. The number of aliphatic carboxylic acids is 1. The number of hydrogen-bond donors (Lipinski definition) is 1. The van der Waals surface area contributed by atoms with Crippen LogP contribution in [-0.4, -0.2) is 54.9 Å². The Bertz CT molecular complexity index is 619. The quantitative estimate of drug-likeness (QED) is 0.673. The lowest BCUT2D eigenvalue weighted by molar-refractivity contribution is -0.154. The minimum absolute atomic E-state index is 0.0856. The summed E-state index contributed by atoms with van der Waals surface area (Å²) in [7, 11) is 3.09. The Morgan fingerprint density at radius 3 is 2.22 bits per heavy atom. The molecule has 0 aliphatic heterocycles. The second kappa shape index (κ2) is 10.2. The number of ether oxygens (including phenoxy) is 3. The molecule has 1 aliphatic carbocycles. The highest BCUT2D eigenvalue weighted by Crippen LogP contribution is 2.26. The van der Waals surface area contributed by atoms with Gasteiger partial charge in [-0.25, -0.2) is 0 Å². The molecule has 1 aromatic carbocycles. The molecular weight excluding hydrogens is 350 g/mol. The van der Waals surface area contributed by atoms with Crippen molar-refractivity contribution in [1.29, 1.82) is 0 Å². The van der Waals surface area contributed by atoms with Gasteiger partial charge in [0.25, 0.3) is 5.91 Å². The maximum atomic E-state index is 13.0. The van der Waals surface area contributed by atoms with Crippen molar-refractivity contribution in [2.75, 3.05) is 20.8 Å². The summed E-state index contributed by atoms with van der Waals surface area (Å²) in [6.07, 6.45) is 4.09. The first kappa shape index (κ1) is 21.0. The summed E-state index contributed by atoms with van der Waals surface area (Å²) < 4.78 is 16.5. The highest BCUT2D eigenvalue weighted by molar-refractivity contribution is 5.84. The highest BCUT2D eigenvalue weighted by Gasteiger charge is 2.29. The van der Waals surface area contributed by atoms with E-state index in [1.807, 2.05) is 6.92 Å². The van der Waals surface area contributed by atoms with Gasteiger partial charge in [0.2, 0.25) is 0 Å². The lowest BCUT2D eigenvalue weighted by Crippen LogP contribution is -2.43. The standard InChI is InChI=1S/C20H29NO6/c1-4-18(27-15-7-5-6-8-15)20(24)21(13-19(22)23)12-14-9-16(25-2)11-17(10-14)26-3/h9-11,15,18H,4-8,12-13H2,1-3H3,(H,22,23). The van der Waals surface area contributed by atoms with Gasteiger partial charge in [-0.15, -0.1) is 0 Å². The number of carbonyl (C=O) groups excluding carboxylic acids is 1. The van der Waals surface area contributed by atoms with Crippen LogP contribution in [0.4, 0.5) is 0 Å². The third kappa shape index (κ3) is 6.13. The average Bonchev–Trinajstić information content (AvgIpc) is 3.17. The van der Waals surface area contributed by atoms with Gasteiger partial charge in [0.05, 0.1) is 20.3 Å². The average molecular weight is 379 g/mol. The van der Waals surface area contributed by atoms with Crippen LogP contribution in [0.3, 0.4) is 0 Å². The molecule has 0 bridgehead atoms. The van der Waals surface area contributed by atoms with Gasteiger partial charge in [0, 0.05) is 12.6 Å². The zero-order valence-corrected chi connectivity index (χ0v) is 16.3. The molecule has 0 radical (unpaired) electrons. The van der Waals surface area contributed by atoms with Crippen molar-refractivity contribution in [2.45, 2.75) is 57.8 Å². The van der Waals surface area contributed by atoms with Gasteiger partial charge in [0.15, 0.2) is 0 Å². The molecule has 0 spiro atoms. The summed E-state index contributed by atoms with van der Waals surface area (Å²) in [6, 6.07) is 5.26. The van der Waals surface area contributed by atoms with Crippen LogP contribution in [0.1, 0.15) is 44.6 Å². The van der Waals surface area contributed by atoms with Gasteiger partial charge in [-0.2, -0.15) is 0 Å². The molecule has 0 aromatic heterocycles. The molecule has 2 rings (SSSR count). The van der Waals surface area contributed by atoms with Crippen molar-refractivity contribution >= 4 is 11.9 Å². The molecule has 1 fully saturated rings. The first-order valence-electron chi connectivity index (χ1n) is 9.34. The Labute approximate surface area is 160 Å². The molecule has 1 amide bonds. The van der Waals surface area contributed by atoms with Gasteiger partial charge in [-0.05, 0) is 37.0 Å². The van der Waals surface area contributed by atoms with Crippen LogP contribution in [0.15, 0.2) is 18.2 Å². The number of methoxy groups -OCH3 is 2. The molecule has 7 nitrogen and oxygen atoms in total. The number of hydrogen-bond acceptors (Lipinski definition) is 5. The van der Waals surface area contributed by atoms with Gasteiger partial charge >= 0.3 is 5.97 Å². The van der Waals surface area contributed by atoms with E-state index in [0.717, 1.165) is 31.2 Å². The van der Waals surface area contributed by atoms with E-state index in [4.69, 9.17) is 14.2 Å². The number of nitrogens with zero attached hydrogens (tertiary/aromatic N) is 1. The predicted molar refractivity (Wildman–Crippen MR) is 100 cm³/mol. The van der Waals surface area contributed by atoms with E-state index >= 15 is 0 Å². The molecule has 1 atom stereocenters. The Hall–Kier alpha value is -2.28. The molecule has 0 saturated heterocycles. The van der Waals surface area contributed by atoms with Crippen LogP contribution >= 0.6 is 0 Å². The SMILES string of the molecule is CCC(OC1CCCC1)C(=O)N(CC(=O)O)Cc1cc(OC)cc(OC)c1. The molecule has 27 heavy (non-hydrogen) atoms. The maximum Gasteiger partial charge on any atom is 0.323 e. The molecule has 1 aromatic rings. The van der Waals surface area contributed by atoms with Crippen molar-refractivity contribution in [3.63, 3.8) is 0 Å². The minimum atomic E-state index is -1.06. The number of benzene rings is 1. The molecule has 1 N–H and O–H groups in total.